The zero-order chi connectivity index (χ0) is 12.0. The lowest BCUT2D eigenvalue weighted by atomic mass is 10.1. The van der Waals surface area contributed by atoms with Gasteiger partial charge in [0.15, 0.2) is 5.84 Å². The SMILES string of the molecule is CC(CO)NCc1cccc(C(N)=NO)c1. The Labute approximate surface area is 94.6 Å². The highest BCUT2D eigenvalue weighted by atomic mass is 16.4. The number of hydrogen-bond donors (Lipinski definition) is 4. The number of amidine groups is 1. The van der Waals surface area contributed by atoms with E-state index in [4.69, 9.17) is 16.0 Å². The summed E-state index contributed by atoms with van der Waals surface area (Å²) in [4.78, 5) is 0. The van der Waals surface area contributed by atoms with Crippen molar-refractivity contribution in [2.75, 3.05) is 6.61 Å². The van der Waals surface area contributed by atoms with E-state index in [1.165, 1.54) is 0 Å². The molecule has 5 heteroatoms. The second-order valence-corrected chi connectivity index (χ2v) is 3.65. The number of nitrogens with zero attached hydrogens (tertiary/aromatic N) is 1. The van der Waals surface area contributed by atoms with E-state index < -0.39 is 0 Å². The number of nitrogens with two attached hydrogens (primary N) is 1. The molecule has 0 amide bonds. The van der Waals surface area contributed by atoms with Crippen molar-refractivity contribution < 1.29 is 10.3 Å². The van der Waals surface area contributed by atoms with Gasteiger partial charge in [0.2, 0.25) is 0 Å². The van der Waals surface area contributed by atoms with E-state index in [1.807, 2.05) is 25.1 Å². The summed E-state index contributed by atoms with van der Waals surface area (Å²) in [6.45, 7) is 2.63. The van der Waals surface area contributed by atoms with Crippen LogP contribution in [-0.4, -0.2) is 28.8 Å². The van der Waals surface area contributed by atoms with E-state index in [2.05, 4.69) is 10.5 Å². The van der Waals surface area contributed by atoms with Gasteiger partial charge in [0, 0.05) is 18.2 Å². The lowest BCUT2D eigenvalue weighted by molar-refractivity contribution is 0.251. The Bertz CT molecular complexity index is 366. The molecule has 1 aromatic carbocycles. The van der Waals surface area contributed by atoms with Crippen LogP contribution in [0.25, 0.3) is 0 Å². The van der Waals surface area contributed by atoms with E-state index in [0.717, 1.165) is 5.56 Å². The topological polar surface area (TPSA) is 90.9 Å². The number of aliphatic hydroxyl groups is 1. The summed E-state index contributed by atoms with van der Waals surface area (Å²) in [5, 5.41) is 23.5. The van der Waals surface area contributed by atoms with Gasteiger partial charge in [-0.2, -0.15) is 0 Å². The molecular formula is C11H17N3O2. The zero-order valence-corrected chi connectivity index (χ0v) is 9.22. The van der Waals surface area contributed by atoms with E-state index >= 15 is 0 Å². The van der Waals surface area contributed by atoms with Crippen LogP contribution in [-0.2, 0) is 6.54 Å². The fourth-order valence-corrected chi connectivity index (χ4v) is 1.25. The molecule has 5 N–H and O–H groups in total. The lowest BCUT2D eigenvalue weighted by Gasteiger charge is -2.11. The molecule has 0 fully saturated rings. The highest BCUT2D eigenvalue weighted by Crippen LogP contribution is 2.05. The van der Waals surface area contributed by atoms with Crippen LogP contribution in [0.4, 0.5) is 0 Å². The molecule has 0 aliphatic rings. The van der Waals surface area contributed by atoms with Crippen molar-refractivity contribution >= 4 is 5.84 Å². The molecule has 0 aliphatic carbocycles. The number of oxime groups is 1. The molecule has 0 radical (unpaired) electrons. The highest BCUT2D eigenvalue weighted by molar-refractivity contribution is 5.97. The van der Waals surface area contributed by atoms with Crippen molar-refractivity contribution in [3.05, 3.63) is 35.4 Å². The molecule has 1 unspecified atom stereocenters. The van der Waals surface area contributed by atoms with Crippen LogP contribution in [0.15, 0.2) is 29.4 Å². The molecule has 1 rings (SSSR count). The molecule has 0 aromatic heterocycles. The third kappa shape index (κ3) is 3.52. The van der Waals surface area contributed by atoms with Crippen molar-refractivity contribution in [2.45, 2.75) is 19.5 Å². The molecule has 1 atom stereocenters. The molecule has 0 bridgehead atoms. The summed E-state index contributed by atoms with van der Waals surface area (Å²) in [5.41, 5.74) is 7.18. The first-order valence-electron chi connectivity index (χ1n) is 5.08. The van der Waals surface area contributed by atoms with Gasteiger partial charge < -0.3 is 21.4 Å². The smallest absolute Gasteiger partial charge is 0.170 e. The molecule has 0 spiro atoms. The molecule has 5 nitrogen and oxygen atoms in total. The maximum atomic E-state index is 8.86. The quantitative estimate of drug-likeness (QED) is 0.249. The fraction of sp³-hybridized carbons (Fsp3) is 0.364. The standard InChI is InChI=1S/C11H17N3O2/c1-8(7-15)13-6-9-3-2-4-10(5-9)11(12)14-16/h2-5,8,13,15-16H,6-7H2,1H3,(H2,12,14). The first-order chi connectivity index (χ1) is 7.67. The number of aliphatic hydroxyl groups excluding tert-OH is 1. The minimum absolute atomic E-state index is 0.0486. The van der Waals surface area contributed by atoms with Crippen LogP contribution >= 0.6 is 0 Å². The Balaban J connectivity index is 2.68. The fourth-order valence-electron chi connectivity index (χ4n) is 1.25. The average molecular weight is 223 g/mol. The summed E-state index contributed by atoms with van der Waals surface area (Å²) < 4.78 is 0. The van der Waals surface area contributed by atoms with Crippen molar-refractivity contribution in [3.63, 3.8) is 0 Å². The summed E-state index contributed by atoms with van der Waals surface area (Å²) in [5.74, 6) is 0.0945. The van der Waals surface area contributed by atoms with Gasteiger partial charge >= 0.3 is 0 Å². The van der Waals surface area contributed by atoms with Gasteiger partial charge in [-0.1, -0.05) is 23.4 Å². The van der Waals surface area contributed by atoms with Crippen LogP contribution in [0.2, 0.25) is 0 Å². The first kappa shape index (κ1) is 12.5. The molecule has 0 saturated carbocycles. The molecule has 16 heavy (non-hydrogen) atoms. The third-order valence-electron chi connectivity index (χ3n) is 2.26. The third-order valence-corrected chi connectivity index (χ3v) is 2.26. The van der Waals surface area contributed by atoms with Gasteiger partial charge in [-0.05, 0) is 18.6 Å². The highest BCUT2D eigenvalue weighted by Gasteiger charge is 2.02. The number of rotatable bonds is 5. The number of benzene rings is 1. The van der Waals surface area contributed by atoms with Gasteiger partial charge in [0.1, 0.15) is 0 Å². The zero-order valence-electron chi connectivity index (χ0n) is 9.22. The van der Waals surface area contributed by atoms with E-state index in [1.54, 1.807) is 6.07 Å². The largest absolute Gasteiger partial charge is 0.409 e. The van der Waals surface area contributed by atoms with Crippen molar-refractivity contribution in [2.24, 2.45) is 10.9 Å². The second kappa shape index (κ2) is 6.09. The molecule has 0 saturated heterocycles. The molecule has 88 valence electrons. The maximum absolute atomic E-state index is 8.86. The van der Waals surface area contributed by atoms with Crippen molar-refractivity contribution in [1.29, 1.82) is 0 Å². The van der Waals surface area contributed by atoms with Crippen molar-refractivity contribution in [1.82, 2.24) is 5.32 Å². The van der Waals surface area contributed by atoms with Gasteiger partial charge in [-0.15, -0.1) is 0 Å². The van der Waals surface area contributed by atoms with Crippen LogP contribution in [0, 0.1) is 0 Å². The van der Waals surface area contributed by atoms with Crippen LogP contribution in [0.1, 0.15) is 18.1 Å². The van der Waals surface area contributed by atoms with Gasteiger partial charge in [-0.3, -0.25) is 0 Å². The Morgan fingerprint density at radius 1 is 1.56 bits per heavy atom. The number of nitrogens with one attached hydrogen (secondary N) is 1. The average Bonchev–Trinajstić information content (AvgIpc) is 2.35. The molecular weight excluding hydrogens is 206 g/mol. The molecule has 0 aliphatic heterocycles. The van der Waals surface area contributed by atoms with E-state index in [-0.39, 0.29) is 18.5 Å². The van der Waals surface area contributed by atoms with Gasteiger partial charge in [0.05, 0.1) is 6.61 Å². The first-order valence-corrected chi connectivity index (χ1v) is 5.08. The normalized spacial score (nSPS) is 13.8. The number of hydrogen-bond acceptors (Lipinski definition) is 4. The summed E-state index contributed by atoms with van der Waals surface area (Å²) in [6.07, 6.45) is 0. The summed E-state index contributed by atoms with van der Waals surface area (Å²) >= 11 is 0. The Kier molecular flexibility index (Phi) is 4.75. The lowest BCUT2D eigenvalue weighted by Crippen LogP contribution is -2.28. The Morgan fingerprint density at radius 2 is 2.31 bits per heavy atom. The van der Waals surface area contributed by atoms with E-state index in [9.17, 15) is 0 Å². The monoisotopic (exact) mass is 223 g/mol. The Hall–Kier alpha value is -1.59. The predicted molar refractivity (Wildman–Crippen MR) is 62.3 cm³/mol. The second-order valence-electron chi connectivity index (χ2n) is 3.65. The van der Waals surface area contributed by atoms with E-state index in [0.29, 0.717) is 12.1 Å². The summed E-state index contributed by atoms with van der Waals surface area (Å²) in [7, 11) is 0. The minimum Gasteiger partial charge on any atom is -0.409 e. The predicted octanol–water partition coefficient (Wildman–Crippen LogP) is 0.252. The van der Waals surface area contributed by atoms with Gasteiger partial charge in [0.25, 0.3) is 0 Å². The molecule has 0 heterocycles. The van der Waals surface area contributed by atoms with Crippen LogP contribution in [0.3, 0.4) is 0 Å². The molecule has 1 aromatic rings. The van der Waals surface area contributed by atoms with Crippen molar-refractivity contribution in [3.8, 4) is 0 Å². The van der Waals surface area contributed by atoms with Gasteiger partial charge in [-0.25, -0.2) is 0 Å². The summed E-state index contributed by atoms with van der Waals surface area (Å²) in [6, 6.07) is 7.44. The minimum atomic E-state index is 0.0486. The van der Waals surface area contributed by atoms with Crippen LogP contribution < -0.4 is 11.1 Å². The van der Waals surface area contributed by atoms with Crippen LogP contribution in [0.5, 0.6) is 0 Å². The maximum Gasteiger partial charge on any atom is 0.170 e. The Morgan fingerprint density at radius 3 is 2.94 bits per heavy atom.